The second-order valence-corrected chi connectivity index (χ2v) is 4.73. The summed E-state index contributed by atoms with van der Waals surface area (Å²) in [5, 5.41) is 0.561. The first kappa shape index (κ1) is 13.4. The van der Waals surface area contributed by atoms with Crippen LogP contribution >= 0.6 is 34.8 Å². The molecule has 0 aliphatic rings. The minimum atomic E-state index is -0.310. The smallest absolute Gasteiger partial charge is 0.239 e. The summed E-state index contributed by atoms with van der Waals surface area (Å²) in [6.07, 6.45) is 0. The van der Waals surface area contributed by atoms with Gasteiger partial charge in [0, 0.05) is 0 Å². The molecule has 1 aromatic carbocycles. The number of nitrogens with zero attached hydrogens (tertiary/aromatic N) is 1. The van der Waals surface area contributed by atoms with Crippen LogP contribution in [-0.4, -0.2) is 4.98 Å². The van der Waals surface area contributed by atoms with E-state index in [4.69, 9.17) is 39.5 Å². The molecule has 1 heterocycles. The molecule has 0 fully saturated rings. The van der Waals surface area contributed by atoms with Crippen LogP contribution in [0, 0.1) is 12.7 Å². The molecular formula is C12H7Cl3FNO. The van der Waals surface area contributed by atoms with Gasteiger partial charge in [0.05, 0.1) is 5.02 Å². The highest BCUT2D eigenvalue weighted by Crippen LogP contribution is 2.33. The summed E-state index contributed by atoms with van der Waals surface area (Å²) in [7, 11) is 0. The SMILES string of the molecule is Cc1cc(Oc2nc(Cl)c(Cl)cc2Cl)ccc1F. The second-order valence-electron chi connectivity index (χ2n) is 3.56. The van der Waals surface area contributed by atoms with E-state index in [2.05, 4.69) is 4.98 Å². The van der Waals surface area contributed by atoms with Gasteiger partial charge in [0.2, 0.25) is 5.88 Å². The number of aromatic nitrogens is 1. The molecule has 6 heteroatoms. The first-order valence-corrected chi connectivity index (χ1v) is 6.06. The van der Waals surface area contributed by atoms with Crippen LogP contribution in [0.1, 0.15) is 5.56 Å². The lowest BCUT2D eigenvalue weighted by atomic mass is 10.2. The van der Waals surface area contributed by atoms with Gasteiger partial charge in [0.1, 0.15) is 16.6 Å². The highest BCUT2D eigenvalue weighted by atomic mass is 35.5. The van der Waals surface area contributed by atoms with Gasteiger partial charge in [-0.15, -0.1) is 0 Å². The molecule has 0 aliphatic carbocycles. The zero-order valence-electron chi connectivity index (χ0n) is 9.18. The van der Waals surface area contributed by atoms with Crippen molar-refractivity contribution >= 4 is 34.8 Å². The number of hydrogen-bond acceptors (Lipinski definition) is 2. The van der Waals surface area contributed by atoms with Crippen LogP contribution in [0.4, 0.5) is 4.39 Å². The molecule has 0 N–H and O–H groups in total. The zero-order valence-corrected chi connectivity index (χ0v) is 11.4. The average molecular weight is 307 g/mol. The van der Waals surface area contributed by atoms with Gasteiger partial charge in [-0.25, -0.2) is 4.39 Å². The maximum Gasteiger partial charge on any atom is 0.239 e. The van der Waals surface area contributed by atoms with Gasteiger partial charge in [-0.3, -0.25) is 0 Å². The molecule has 0 spiro atoms. The van der Waals surface area contributed by atoms with Crippen LogP contribution in [0.3, 0.4) is 0 Å². The number of aryl methyl sites for hydroxylation is 1. The van der Waals surface area contributed by atoms with Gasteiger partial charge in [-0.05, 0) is 36.8 Å². The zero-order chi connectivity index (χ0) is 13.3. The minimum Gasteiger partial charge on any atom is -0.437 e. The Kier molecular flexibility index (Phi) is 3.95. The third-order valence-corrected chi connectivity index (χ3v) is 3.14. The van der Waals surface area contributed by atoms with Gasteiger partial charge in [0.15, 0.2) is 5.15 Å². The maximum absolute atomic E-state index is 13.1. The Morgan fingerprint density at radius 2 is 1.83 bits per heavy atom. The van der Waals surface area contributed by atoms with Gasteiger partial charge >= 0.3 is 0 Å². The van der Waals surface area contributed by atoms with Crippen molar-refractivity contribution in [3.8, 4) is 11.6 Å². The Morgan fingerprint density at radius 1 is 1.11 bits per heavy atom. The number of rotatable bonds is 2. The third-order valence-electron chi connectivity index (χ3n) is 2.20. The van der Waals surface area contributed by atoms with Crippen molar-refractivity contribution in [1.29, 1.82) is 0 Å². The van der Waals surface area contributed by atoms with Crippen molar-refractivity contribution in [3.63, 3.8) is 0 Å². The maximum atomic E-state index is 13.1. The monoisotopic (exact) mass is 305 g/mol. The summed E-state index contributed by atoms with van der Waals surface area (Å²) in [5.74, 6) is 0.231. The molecule has 2 nitrogen and oxygen atoms in total. The first-order chi connectivity index (χ1) is 8.47. The molecule has 18 heavy (non-hydrogen) atoms. The van der Waals surface area contributed by atoms with Crippen molar-refractivity contribution in [2.24, 2.45) is 0 Å². The van der Waals surface area contributed by atoms with E-state index in [1.165, 1.54) is 24.3 Å². The van der Waals surface area contributed by atoms with Crippen LogP contribution in [0.2, 0.25) is 15.2 Å². The van der Waals surface area contributed by atoms with Gasteiger partial charge in [0.25, 0.3) is 0 Å². The van der Waals surface area contributed by atoms with Crippen molar-refractivity contribution in [2.75, 3.05) is 0 Å². The highest BCUT2D eigenvalue weighted by Gasteiger charge is 2.10. The highest BCUT2D eigenvalue weighted by molar-refractivity contribution is 6.42. The van der Waals surface area contributed by atoms with Crippen molar-refractivity contribution < 1.29 is 9.13 Å². The topological polar surface area (TPSA) is 22.1 Å². The van der Waals surface area contributed by atoms with Crippen LogP contribution in [0.25, 0.3) is 0 Å². The Balaban J connectivity index is 2.34. The van der Waals surface area contributed by atoms with E-state index in [9.17, 15) is 4.39 Å². The van der Waals surface area contributed by atoms with Gasteiger partial charge in [-0.1, -0.05) is 34.8 Å². The average Bonchev–Trinajstić information content (AvgIpc) is 2.31. The number of pyridine rings is 1. The molecule has 0 aliphatic heterocycles. The first-order valence-electron chi connectivity index (χ1n) is 4.93. The molecule has 0 amide bonds. The molecule has 0 saturated heterocycles. The molecule has 0 unspecified atom stereocenters. The van der Waals surface area contributed by atoms with Crippen molar-refractivity contribution in [1.82, 2.24) is 4.98 Å². The summed E-state index contributed by atoms with van der Waals surface area (Å²) in [5.41, 5.74) is 0.462. The van der Waals surface area contributed by atoms with E-state index in [1.54, 1.807) is 6.92 Å². The van der Waals surface area contributed by atoms with Gasteiger partial charge in [-0.2, -0.15) is 4.98 Å². The van der Waals surface area contributed by atoms with Crippen LogP contribution in [-0.2, 0) is 0 Å². The van der Waals surface area contributed by atoms with E-state index < -0.39 is 0 Å². The van der Waals surface area contributed by atoms with E-state index in [0.29, 0.717) is 11.3 Å². The molecular weight excluding hydrogens is 299 g/mol. The number of benzene rings is 1. The van der Waals surface area contributed by atoms with E-state index in [0.717, 1.165) is 0 Å². The van der Waals surface area contributed by atoms with Crippen LogP contribution < -0.4 is 4.74 Å². The standard InChI is InChI=1S/C12H7Cl3FNO/c1-6-4-7(2-3-10(6)16)18-12-9(14)5-8(13)11(15)17-12/h2-5H,1H3. The Bertz CT molecular complexity index is 604. The summed E-state index contributed by atoms with van der Waals surface area (Å²) < 4.78 is 18.5. The van der Waals surface area contributed by atoms with Crippen LogP contribution in [0.5, 0.6) is 11.6 Å². The quantitative estimate of drug-likeness (QED) is 0.704. The fourth-order valence-electron chi connectivity index (χ4n) is 1.29. The lowest BCUT2D eigenvalue weighted by Gasteiger charge is -2.08. The van der Waals surface area contributed by atoms with E-state index in [1.807, 2.05) is 0 Å². The summed E-state index contributed by atoms with van der Waals surface area (Å²) in [6.45, 7) is 1.63. The lowest BCUT2D eigenvalue weighted by Crippen LogP contribution is -1.91. The lowest BCUT2D eigenvalue weighted by molar-refractivity contribution is 0.461. The fraction of sp³-hybridized carbons (Fsp3) is 0.0833. The Morgan fingerprint density at radius 3 is 2.50 bits per heavy atom. The number of ether oxygens (including phenoxy) is 1. The summed E-state index contributed by atoms with van der Waals surface area (Å²) >= 11 is 17.4. The Labute approximate surface area is 118 Å². The number of halogens is 4. The molecule has 0 bridgehead atoms. The minimum absolute atomic E-state index is 0.0925. The summed E-state index contributed by atoms with van der Waals surface area (Å²) in [6, 6.07) is 5.75. The van der Waals surface area contributed by atoms with Crippen molar-refractivity contribution in [2.45, 2.75) is 6.92 Å². The molecule has 0 saturated carbocycles. The van der Waals surface area contributed by atoms with E-state index in [-0.39, 0.29) is 26.9 Å². The molecule has 0 atom stereocenters. The molecule has 0 radical (unpaired) electrons. The summed E-state index contributed by atoms with van der Waals surface area (Å²) in [4.78, 5) is 3.91. The normalized spacial score (nSPS) is 10.5. The largest absolute Gasteiger partial charge is 0.437 e. The predicted molar refractivity (Wildman–Crippen MR) is 70.5 cm³/mol. The molecule has 2 rings (SSSR count). The Hall–Kier alpha value is -1.03. The molecule has 2 aromatic rings. The number of hydrogen-bond donors (Lipinski definition) is 0. The molecule has 94 valence electrons. The van der Waals surface area contributed by atoms with Crippen LogP contribution in [0.15, 0.2) is 24.3 Å². The van der Waals surface area contributed by atoms with Crippen molar-refractivity contribution in [3.05, 3.63) is 50.8 Å². The predicted octanol–water partition coefficient (Wildman–Crippen LogP) is 5.28. The van der Waals surface area contributed by atoms with E-state index >= 15 is 0 Å². The fourth-order valence-corrected chi connectivity index (χ4v) is 1.82. The molecule has 1 aromatic heterocycles. The van der Waals surface area contributed by atoms with Gasteiger partial charge < -0.3 is 4.74 Å². The second kappa shape index (κ2) is 5.31. The third kappa shape index (κ3) is 2.86.